The summed E-state index contributed by atoms with van der Waals surface area (Å²) >= 11 is 0. The Morgan fingerprint density at radius 3 is 2.58 bits per heavy atom. The Kier molecular flexibility index (Phi) is 4.62. The van der Waals surface area contributed by atoms with Gasteiger partial charge in [0.05, 0.1) is 21.5 Å². The van der Waals surface area contributed by atoms with Crippen molar-refractivity contribution in [2.45, 2.75) is 11.8 Å². The van der Waals surface area contributed by atoms with Crippen LogP contribution in [0.5, 0.6) is 0 Å². The highest BCUT2D eigenvalue weighted by Crippen LogP contribution is 2.19. The number of imidazole rings is 1. The average molecular weight is 378 g/mol. The molecule has 136 valence electrons. The van der Waals surface area contributed by atoms with Gasteiger partial charge in [-0.15, -0.1) is 0 Å². The second-order valence-electron chi connectivity index (χ2n) is 5.44. The molecule has 0 radical (unpaired) electrons. The van der Waals surface area contributed by atoms with Gasteiger partial charge < -0.3 is 15.3 Å². The van der Waals surface area contributed by atoms with E-state index in [1.54, 1.807) is 13.0 Å². The highest BCUT2D eigenvalue weighted by Gasteiger charge is 2.19. The zero-order valence-corrected chi connectivity index (χ0v) is 14.4. The highest BCUT2D eigenvalue weighted by molar-refractivity contribution is 7.89. The maximum absolute atomic E-state index is 14.0. The largest absolute Gasteiger partial charge is 0.323 e. The monoisotopic (exact) mass is 378 g/mol. The molecule has 0 aliphatic rings. The van der Waals surface area contributed by atoms with E-state index < -0.39 is 33.0 Å². The van der Waals surface area contributed by atoms with Crippen molar-refractivity contribution in [2.24, 2.45) is 0 Å². The first-order valence-corrected chi connectivity index (χ1v) is 9.11. The molecule has 0 unspecified atom stereocenters. The molecule has 3 aromatic rings. The summed E-state index contributed by atoms with van der Waals surface area (Å²) in [7, 11) is -3.82. The Morgan fingerprint density at radius 1 is 1.12 bits per heavy atom. The molecule has 0 aliphatic carbocycles. The maximum Gasteiger partial charge on any atom is 0.323 e. The molecule has 2 aromatic carbocycles. The van der Waals surface area contributed by atoms with Crippen molar-refractivity contribution in [3.63, 3.8) is 0 Å². The summed E-state index contributed by atoms with van der Waals surface area (Å²) in [5.74, 6) is -1.66. The van der Waals surface area contributed by atoms with Gasteiger partial charge in [0, 0.05) is 12.2 Å². The van der Waals surface area contributed by atoms with Crippen LogP contribution in [-0.2, 0) is 10.0 Å². The molecule has 1 heterocycles. The highest BCUT2D eigenvalue weighted by atomic mass is 32.2. The van der Waals surface area contributed by atoms with E-state index in [2.05, 4.69) is 20.0 Å². The number of benzene rings is 2. The summed E-state index contributed by atoms with van der Waals surface area (Å²) < 4.78 is 40.3. The second-order valence-corrected chi connectivity index (χ2v) is 7.20. The topological polar surface area (TPSA) is 124 Å². The van der Waals surface area contributed by atoms with Crippen LogP contribution in [0.1, 0.15) is 17.3 Å². The third-order valence-electron chi connectivity index (χ3n) is 3.60. The van der Waals surface area contributed by atoms with Gasteiger partial charge in [-0.2, -0.15) is 0 Å². The van der Waals surface area contributed by atoms with E-state index in [0.717, 1.165) is 18.2 Å². The lowest BCUT2D eigenvalue weighted by atomic mass is 10.2. The predicted molar refractivity (Wildman–Crippen MR) is 94.1 cm³/mol. The van der Waals surface area contributed by atoms with Gasteiger partial charge in [0.25, 0.3) is 5.91 Å². The lowest BCUT2D eigenvalue weighted by molar-refractivity contribution is 0.102. The fraction of sp³-hybridized carbons (Fsp3) is 0.125. The van der Waals surface area contributed by atoms with E-state index in [-0.39, 0.29) is 11.4 Å². The number of rotatable bonds is 5. The van der Waals surface area contributed by atoms with Crippen LogP contribution in [-0.4, -0.2) is 30.8 Å². The first kappa shape index (κ1) is 17.8. The van der Waals surface area contributed by atoms with Crippen LogP contribution in [0.2, 0.25) is 0 Å². The Morgan fingerprint density at radius 2 is 1.85 bits per heavy atom. The summed E-state index contributed by atoms with van der Waals surface area (Å²) in [6.45, 7) is 1.77. The normalized spacial score (nSPS) is 11.6. The van der Waals surface area contributed by atoms with Crippen LogP contribution >= 0.6 is 0 Å². The van der Waals surface area contributed by atoms with Gasteiger partial charge in [-0.05, 0) is 36.4 Å². The fourth-order valence-corrected chi connectivity index (χ4v) is 3.49. The fourth-order valence-electron chi connectivity index (χ4n) is 2.43. The van der Waals surface area contributed by atoms with E-state index in [1.165, 1.54) is 12.1 Å². The van der Waals surface area contributed by atoms with Crippen LogP contribution < -0.4 is 15.7 Å². The Labute approximate surface area is 147 Å². The number of H-pyrrole nitrogens is 2. The molecular formula is C16H15FN4O4S. The minimum atomic E-state index is -3.82. The molecule has 4 N–H and O–H groups in total. The molecule has 0 saturated carbocycles. The molecule has 0 bridgehead atoms. The van der Waals surface area contributed by atoms with Gasteiger partial charge >= 0.3 is 5.69 Å². The number of hydrogen-bond acceptors (Lipinski definition) is 4. The van der Waals surface area contributed by atoms with E-state index in [4.69, 9.17) is 0 Å². The van der Waals surface area contributed by atoms with Gasteiger partial charge in [-0.25, -0.2) is 22.3 Å². The van der Waals surface area contributed by atoms with Crippen LogP contribution in [0, 0.1) is 5.82 Å². The molecule has 0 saturated heterocycles. The smallest absolute Gasteiger partial charge is 0.322 e. The number of nitrogens with one attached hydrogen (secondary N) is 4. The lowest BCUT2D eigenvalue weighted by Gasteiger charge is -2.09. The Bertz CT molecular complexity index is 1150. The third-order valence-corrected chi connectivity index (χ3v) is 5.14. The zero-order valence-electron chi connectivity index (χ0n) is 13.6. The molecule has 0 atom stereocenters. The lowest BCUT2D eigenvalue weighted by Crippen LogP contribution is -2.24. The van der Waals surface area contributed by atoms with E-state index in [1.807, 2.05) is 0 Å². The number of hydrogen-bond donors (Lipinski definition) is 4. The molecular weight excluding hydrogens is 363 g/mol. The van der Waals surface area contributed by atoms with Crippen LogP contribution in [0.3, 0.4) is 0 Å². The predicted octanol–water partition coefficient (Wildman–Crippen LogP) is 1.55. The molecule has 0 fully saturated rings. The van der Waals surface area contributed by atoms with Crippen LogP contribution in [0.15, 0.2) is 46.1 Å². The Balaban J connectivity index is 1.92. The summed E-state index contributed by atoms with van der Waals surface area (Å²) in [6.07, 6.45) is 0. The first-order chi connectivity index (χ1) is 12.3. The quantitative estimate of drug-likeness (QED) is 0.538. The van der Waals surface area contributed by atoms with E-state index in [9.17, 15) is 22.4 Å². The first-order valence-electron chi connectivity index (χ1n) is 7.63. The minimum absolute atomic E-state index is 0.163. The third kappa shape index (κ3) is 3.51. The minimum Gasteiger partial charge on any atom is -0.322 e. The number of amides is 1. The standard InChI is InChI=1S/C16H15FN4O4S/c1-2-18-26(24,25)10-4-5-12(17)11(8-10)15(22)19-9-3-6-13-14(7-9)21-16(23)20-13/h3-8,18H,2H2,1H3,(H,19,22)(H2,20,21,23). The van der Waals surface area contributed by atoms with Crippen molar-refractivity contribution in [3.8, 4) is 0 Å². The number of fused-ring (bicyclic) bond motifs is 1. The molecule has 8 nitrogen and oxygen atoms in total. The molecule has 0 spiro atoms. The number of halogens is 1. The number of carbonyl (C=O) groups is 1. The summed E-state index contributed by atoms with van der Waals surface area (Å²) in [6, 6.07) is 7.58. The molecule has 26 heavy (non-hydrogen) atoms. The van der Waals surface area contributed by atoms with Gasteiger partial charge in [-0.1, -0.05) is 6.92 Å². The van der Waals surface area contributed by atoms with Crippen molar-refractivity contribution >= 4 is 32.7 Å². The number of aromatic amines is 2. The van der Waals surface area contributed by atoms with E-state index >= 15 is 0 Å². The average Bonchev–Trinajstić information content (AvgIpc) is 2.94. The van der Waals surface area contributed by atoms with Crippen molar-refractivity contribution < 1.29 is 17.6 Å². The van der Waals surface area contributed by atoms with Crippen molar-refractivity contribution in [1.29, 1.82) is 0 Å². The molecule has 1 amide bonds. The van der Waals surface area contributed by atoms with Gasteiger partial charge in [0.2, 0.25) is 10.0 Å². The van der Waals surface area contributed by atoms with Crippen LogP contribution in [0.4, 0.5) is 10.1 Å². The second kappa shape index (κ2) is 6.73. The Hall–Kier alpha value is -2.98. The van der Waals surface area contributed by atoms with Gasteiger partial charge in [0.15, 0.2) is 0 Å². The zero-order chi connectivity index (χ0) is 18.9. The number of anilines is 1. The summed E-state index contributed by atoms with van der Waals surface area (Å²) in [4.78, 5) is 28.5. The van der Waals surface area contributed by atoms with Gasteiger partial charge in [0.1, 0.15) is 5.82 Å². The van der Waals surface area contributed by atoms with Crippen molar-refractivity contribution in [1.82, 2.24) is 14.7 Å². The molecule has 1 aromatic heterocycles. The summed E-state index contributed by atoms with van der Waals surface area (Å²) in [5.41, 5.74) is 0.536. The van der Waals surface area contributed by atoms with Crippen LogP contribution in [0.25, 0.3) is 11.0 Å². The van der Waals surface area contributed by atoms with Crippen molar-refractivity contribution in [3.05, 3.63) is 58.3 Å². The molecule has 0 aliphatic heterocycles. The summed E-state index contributed by atoms with van der Waals surface area (Å²) in [5, 5.41) is 2.48. The SMILES string of the molecule is CCNS(=O)(=O)c1ccc(F)c(C(=O)Nc2ccc3[nH]c(=O)[nH]c3c2)c1. The number of carbonyl (C=O) groups excluding carboxylic acids is 1. The molecule has 10 heteroatoms. The van der Waals surface area contributed by atoms with E-state index in [0.29, 0.717) is 16.7 Å². The molecule has 3 rings (SSSR count). The number of aromatic nitrogens is 2. The number of sulfonamides is 1. The maximum atomic E-state index is 14.0. The van der Waals surface area contributed by atoms with Gasteiger partial charge in [-0.3, -0.25) is 4.79 Å². The van der Waals surface area contributed by atoms with Crippen molar-refractivity contribution in [2.75, 3.05) is 11.9 Å².